The quantitative estimate of drug-likeness (QED) is 0.536. The standard InChI is InChI=1S/C19H30O6/c1-5-7-9-11-24-17-13(3)16(23-4)15(20)14(19(21)22)18(17)25-12-10-8-6-2/h20H,5-12H2,1-4H3,(H,21,22). The zero-order valence-corrected chi connectivity index (χ0v) is 15.7. The minimum atomic E-state index is -1.28. The highest BCUT2D eigenvalue weighted by Crippen LogP contribution is 2.47. The molecular weight excluding hydrogens is 324 g/mol. The van der Waals surface area contributed by atoms with Gasteiger partial charge in [-0.25, -0.2) is 4.79 Å². The maximum absolute atomic E-state index is 11.7. The summed E-state index contributed by atoms with van der Waals surface area (Å²) < 4.78 is 16.7. The van der Waals surface area contributed by atoms with Crippen LogP contribution in [0.5, 0.6) is 23.0 Å². The average molecular weight is 354 g/mol. The fourth-order valence-corrected chi connectivity index (χ4v) is 2.60. The molecule has 142 valence electrons. The second-order valence-corrected chi connectivity index (χ2v) is 5.96. The van der Waals surface area contributed by atoms with Gasteiger partial charge in [0.15, 0.2) is 28.6 Å². The van der Waals surface area contributed by atoms with Crippen LogP contribution in [0.3, 0.4) is 0 Å². The molecule has 6 nitrogen and oxygen atoms in total. The Hall–Kier alpha value is -2.11. The predicted octanol–water partition coefficient (Wildman–Crippen LogP) is 4.55. The summed E-state index contributed by atoms with van der Waals surface area (Å²) in [6, 6.07) is 0. The molecule has 1 aromatic rings. The summed E-state index contributed by atoms with van der Waals surface area (Å²) in [5.74, 6) is -1.20. The van der Waals surface area contributed by atoms with Crippen LogP contribution in [0.15, 0.2) is 0 Å². The van der Waals surface area contributed by atoms with Crippen LogP contribution in [-0.4, -0.2) is 36.5 Å². The summed E-state index contributed by atoms with van der Waals surface area (Å²) in [7, 11) is 1.39. The van der Waals surface area contributed by atoms with E-state index < -0.39 is 11.7 Å². The van der Waals surface area contributed by atoms with Crippen molar-refractivity contribution in [2.75, 3.05) is 20.3 Å². The van der Waals surface area contributed by atoms with Gasteiger partial charge in [0.1, 0.15) is 0 Å². The van der Waals surface area contributed by atoms with E-state index in [1.54, 1.807) is 6.92 Å². The first-order valence-corrected chi connectivity index (χ1v) is 8.91. The highest BCUT2D eigenvalue weighted by molar-refractivity contribution is 5.97. The Labute approximate surface area is 149 Å². The van der Waals surface area contributed by atoms with Gasteiger partial charge in [0.25, 0.3) is 0 Å². The molecule has 0 radical (unpaired) electrons. The topological polar surface area (TPSA) is 85.2 Å². The number of methoxy groups -OCH3 is 1. The van der Waals surface area contributed by atoms with E-state index in [1.807, 2.05) is 0 Å². The number of rotatable bonds is 12. The van der Waals surface area contributed by atoms with Gasteiger partial charge in [-0.05, 0) is 19.8 Å². The largest absolute Gasteiger partial charge is 0.504 e. The number of hydrogen-bond acceptors (Lipinski definition) is 5. The van der Waals surface area contributed by atoms with Crippen molar-refractivity contribution in [1.29, 1.82) is 0 Å². The van der Waals surface area contributed by atoms with Crippen LogP contribution in [0.2, 0.25) is 0 Å². The zero-order valence-electron chi connectivity index (χ0n) is 15.7. The smallest absolute Gasteiger partial charge is 0.343 e. The Balaban J connectivity index is 3.26. The van der Waals surface area contributed by atoms with Crippen LogP contribution in [0.25, 0.3) is 0 Å². The monoisotopic (exact) mass is 354 g/mol. The molecule has 0 fully saturated rings. The number of aromatic hydroxyl groups is 1. The highest BCUT2D eigenvalue weighted by atomic mass is 16.5. The first-order chi connectivity index (χ1) is 12.0. The summed E-state index contributed by atoms with van der Waals surface area (Å²) in [5, 5.41) is 19.9. The second-order valence-electron chi connectivity index (χ2n) is 5.96. The molecule has 0 heterocycles. The maximum Gasteiger partial charge on any atom is 0.343 e. The average Bonchev–Trinajstić information content (AvgIpc) is 2.57. The second kappa shape index (κ2) is 10.7. The normalized spacial score (nSPS) is 10.6. The van der Waals surface area contributed by atoms with Gasteiger partial charge in [-0.15, -0.1) is 0 Å². The Bertz CT molecular complexity index is 568. The van der Waals surface area contributed by atoms with Crippen molar-refractivity contribution < 1.29 is 29.2 Å². The maximum atomic E-state index is 11.7. The van der Waals surface area contributed by atoms with Crippen LogP contribution in [0.4, 0.5) is 0 Å². The molecule has 1 aromatic carbocycles. The Morgan fingerprint density at radius 1 is 0.920 bits per heavy atom. The third kappa shape index (κ3) is 5.44. The molecule has 0 unspecified atom stereocenters. The molecule has 0 aromatic heterocycles. The lowest BCUT2D eigenvalue weighted by molar-refractivity contribution is 0.0686. The van der Waals surface area contributed by atoms with E-state index in [9.17, 15) is 15.0 Å². The summed E-state index contributed by atoms with van der Waals surface area (Å²) in [6.45, 7) is 6.71. The summed E-state index contributed by atoms with van der Waals surface area (Å²) in [6.07, 6.45) is 5.75. The van der Waals surface area contributed by atoms with E-state index in [4.69, 9.17) is 14.2 Å². The molecule has 0 aliphatic carbocycles. The van der Waals surface area contributed by atoms with E-state index in [0.29, 0.717) is 24.5 Å². The van der Waals surface area contributed by atoms with Crippen molar-refractivity contribution in [2.45, 2.75) is 59.3 Å². The van der Waals surface area contributed by atoms with Gasteiger partial charge in [0.2, 0.25) is 0 Å². The molecule has 0 bridgehead atoms. The first-order valence-electron chi connectivity index (χ1n) is 8.91. The lowest BCUT2D eigenvalue weighted by atomic mass is 10.1. The van der Waals surface area contributed by atoms with Gasteiger partial charge in [0.05, 0.1) is 20.3 Å². The van der Waals surface area contributed by atoms with Crippen molar-refractivity contribution >= 4 is 5.97 Å². The molecule has 6 heteroatoms. The molecule has 0 spiro atoms. The molecule has 0 aliphatic heterocycles. The Kier molecular flexibility index (Phi) is 8.95. The fourth-order valence-electron chi connectivity index (χ4n) is 2.60. The van der Waals surface area contributed by atoms with E-state index in [2.05, 4.69) is 13.8 Å². The van der Waals surface area contributed by atoms with E-state index >= 15 is 0 Å². The number of unbranched alkanes of at least 4 members (excludes halogenated alkanes) is 4. The minimum absolute atomic E-state index is 0.0795. The van der Waals surface area contributed by atoms with Crippen molar-refractivity contribution in [3.8, 4) is 23.0 Å². The van der Waals surface area contributed by atoms with Crippen LogP contribution >= 0.6 is 0 Å². The molecule has 0 atom stereocenters. The van der Waals surface area contributed by atoms with Gasteiger partial charge in [0, 0.05) is 5.56 Å². The van der Waals surface area contributed by atoms with Crippen molar-refractivity contribution in [1.82, 2.24) is 0 Å². The number of hydrogen-bond donors (Lipinski definition) is 2. The number of phenols is 1. The fraction of sp³-hybridized carbons (Fsp3) is 0.632. The zero-order chi connectivity index (χ0) is 18.8. The number of carbonyl (C=O) groups is 1. The summed E-state index contributed by atoms with van der Waals surface area (Å²) >= 11 is 0. The van der Waals surface area contributed by atoms with Crippen LogP contribution in [0, 0.1) is 6.92 Å². The summed E-state index contributed by atoms with van der Waals surface area (Å²) in [4.78, 5) is 11.7. The number of aromatic carboxylic acids is 1. The SMILES string of the molecule is CCCCCOc1c(C)c(OC)c(O)c(C(=O)O)c1OCCCCC. The summed E-state index contributed by atoms with van der Waals surface area (Å²) in [5.41, 5.74) is 0.219. The number of ether oxygens (including phenoxy) is 3. The van der Waals surface area contributed by atoms with Gasteiger partial charge in [-0.2, -0.15) is 0 Å². The van der Waals surface area contributed by atoms with Gasteiger partial charge >= 0.3 is 5.97 Å². The first kappa shape index (κ1) is 20.9. The van der Waals surface area contributed by atoms with Crippen molar-refractivity contribution in [2.24, 2.45) is 0 Å². The van der Waals surface area contributed by atoms with Gasteiger partial charge in [-0.1, -0.05) is 39.5 Å². The lowest BCUT2D eigenvalue weighted by Crippen LogP contribution is -2.10. The van der Waals surface area contributed by atoms with E-state index in [0.717, 1.165) is 38.5 Å². The molecule has 0 saturated heterocycles. The molecule has 0 amide bonds. The third-order valence-corrected chi connectivity index (χ3v) is 3.97. The highest BCUT2D eigenvalue weighted by Gasteiger charge is 2.29. The van der Waals surface area contributed by atoms with E-state index in [1.165, 1.54) is 7.11 Å². The number of carboxylic acid groups (broad SMARTS) is 1. The van der Waals surface area contributed by atoms with E-state index in [-0.39, 0.29) is 17.1 Å². The molecule has 0 saturated carbocycles. The number of benzene rings is 1. The van der Waals surface area contributed by atoms with Gasteiger partial charge < -0.3 is 24.4 Å². The molecular formula is C19H30O6. The van der Waals surface area contributed by atoms with Crippen LogP contribution in [-0.2, 0) is 0 Å². The molecule has 0 aliphatic rings. The third-order valence-electron chi connectivity index (χ3n) is 3.97. The van der Waals surface area contributed by atoms with Crippen LogP contribution in [0.1, 0.15) is 68.3 Å². The van der Waals surface area contributed by atoms with Gasteiger partial charge in [-0.3, -0.25) is 0 Å². The molecule has 2 N–H and O–H groups in total. The van der Waals surface area contributed by atoms with Crippen molar-refractivity contribution in [3.05, 3.63) is 11.1 Å². The lowest BCUT2D eigenvalue weighted by Gasteiger charge is -2.20. The van der Waals surface area contributed by atoms with Crippen molar-refractivity contribution in [3.63, 3.8) is 0 Å². The van der Waals surface area contributed by atoms with Crippen LogP contribution < -0.4 is 14.2 Å². The Morgan fingerprint density at radius 2 is 1.44 bits per heavy atom. The Morgan fingerprint density at radius 3 is 1.88 bits per heavy atom. The predicted molar refractivity (Wildman–Crippen MR) is 96.4 cm³/mol. The molecule has 1 rings (SSSR count). The molecule has 25 heavy (non-hydrogen) atoms. The number of carboxylic acids is 1. The minimum Gasteiger partial charge on any atom is -0.504 e.